The molecule has 0 fully saturated rings. The number of carbonyl (C=O) groups excluding carboxylic acids is 1. The Balaban J connectivity index is 1.82. The first-order chi connectivity index (χ1) is 10.1. The lowest BCUT2D eigenvalue weighted by atomic mass is 10.1. The summed E-state index contributed by atoms with van der Waals surface area (Å²) in [7, 11) is 0. The summed E-state index contributed by atoms with van der Waals surface area (Å²) in [5.41, 5.74) is 7.56. The fourth-order valence-corrected chi connectivity index (χ4v) is 2.04. The third-order valence-electron chi connectivity index (χ3n) is 2.99. The van der Waals surface area contributed by atoms with Crippen LogP contribution in [0.3, 0.4) is 0 Å². The van der Waals surface area contributed by atoms with Crippen molar-refractivity contribution < 1.29 is 14.3 Å². The molecule has 0 aliphatic heterocycles. The molecule has 0 heterocycles. The van der Waals surface area contributed by atoms with Crippen molar-refractivity contribution in [2.75, 3.05) is 18.9 Å². The van der Waals surface area contributed by atoms with E-state index in [2.05, 4.69) is 15.9 Å². The van der Waals surface area contributed by atoms with Gasteiger partial charge < -0.3 is 15.2 Å². The maximum atomic E-state index is 11.9. The molecule has 0 aliphatic carbocycles. The zero-order valence-corrected chi connectivity index (χ0v) is 13.2. The van der Waals surface area contributed by atoms with Crippen LogP contribution >= 0.6 is 15.9 Å². The fourth-order valence-electron chi connectivity index (χ4n) is 1.78. The largest absolute Gasteiger partial charge is 0.490 e. The summed E-state index contributed by atoms with van der Waals surface area (Å²) < 4.78 is 11.6. The lowest BCUT2D eigenvalue weighted by molar-refractivity contribution is 0.0449. The molecule has 0 saturated carbocycles. The Labute approximate surface area is 132 Å². The first-order valence-electron chi connectivity index (χ1n) is 6.48. The number of esters is 1. The van der Waals surface area contributed by atoms with Gasteiger partial charge in [0.15, 0.2) is 0 Å². The van der Waals surface area contributed by atoms with Crippen LogP contribution in [-0.2, 0) is 4.74 Å². The van der Waals surface area contributed by atoms with Gasteiger partial charge in [0.25, 0.3) is 0 Å². The van der Waals surface area contributed by atoms with Crippen LogP contribution in [0.15, 0.2) is 46.9 Å². The van der Waals surface area contributed by atoms with Crippen molar-refractivity contribution in [2.45, 2.75) is 6.92 Å². The van der Waals surface area contributed by atoms with Gasteiger partial charge in [0.05, 0.1) is 5.56 Å². The summed E-state index contributed by atoms with van der Waals surface area (Å²) in [6.45, 7) is 2.28. The summed E-state index contributed by atoms with van der Waals surface area (Å²) in [4.78, 5) is 11.9. The van der Waals surface area contributed by atoms with Gasteiger partial charge in [-0.05, 0) is 48.9 Å². The van der Waals surface area contributed by atoms with Crippen molar-refractivity contribution in [2.24, 2.45) is 0 Å². The van der Waals surface area contributed by atoms with E-state index in [1.165, 1.54) is 0 Å². The van der Waals surface area contributed by atoms with E-state index in [4.69, 9.17) is 15.2 Å². The van der Waals surface area contributed by atoms with Gasteiger partial charge in [0, 0.05) is 10.2 Å². The van der Waals surface area contributed by atoms with Gasteiger partial charge in [-0.15, -0.1) is 0 Å². The van der Waals surface area contributed by atoms with Crippen LogP contribution in [0.2, 0.25) is 0 Å². The average Bonchev–Trinajstić information content (AvgIpc) is 2.48. The maximum Gasteiger partial charge on any atom is 0.338 e. The second kappa shape index (κ2) is 7.13. The number of nitrogen functional groups attached to an aromatic ring is 1. The van der Waals surface area contributed by atoms with E-state index in [0.29, 0.717) is 17.9 Å². The monoisotopic (exact) mass is 349 g/mol. The van der Waals surface area contributed by atoms with Gasteiger partial charge in [0.1, 0.15) is 19.0 Å². The number of ether oxygens (including phenoxy) is 2. The van der Waals surface area contributed by atoms with Gasteiger partial charge in [-0.2, -0.15) is 0 Å². The number of halogens is 1. The Morgan fingerprint density at radius 2 is 1.86 bits per heavy atom. The normalized spacial score (nSPS) is 10.2. The number of benzene rings is 2. The molecule has 110 valence electrons. The summed E-state index contributed by atoms with van der Waals surface area (Å²) >= 11 is 3.35. The highest BCUT2D eigenvalue weighted by Crippen LogP contribution is 2.17. The molecular weight excluding hydrogens is 334 g/mol. The second-order valence-electron chi connectivity index (χ2n) is 4.46. The van der Waals surface area contributed by atoms with Crippen LogP contribution < -0.4 is 10.5 Å². The molecule has 0 spiro atoms. The molecule has 0 saturated heterocycles. The van der Waals surface area contributed by atoms with Crippen molar-refractivity contribution >= 4 is 27.6 Å². The Morgan fingerprint density at radius 1 is 1.14 bits per heavy atom. The Morgan fingerprint density at radius 3 is 2.57 bits per heavy atom. The van der Waals surface area contributed by atoms with E-state index in [1.807, 2.05) is 24.3 Å². The molecule has 2 rings (SSSR count). The number of rotatable bonds is 5. The predicted molar refractivity (Wildman–Crippen MR) is 85.5 cm³/mol. The van der Waals surface area contributed by atoms with E-state index >= 15 is 0 Å². The molecule has 5 heteroatoms. The molecule has 0 bridgehead atoms. The third-order valence-corrected chi connectivity index (χ3v) is 3.52. The number of hydrogen-bond donors (Lipinski definition) is 1. The number of hydrogen-bond acceptors (Lipinski definition) is 4. The Hall–Kier alpha value is -2.01. The molecule has 2 N–H and O–H groups in total. The number of anilines is 1. The summed E-state index contributed by atoms with van der Waals surface area (Å²) in [5.74, 6) is 0.341. The molecule has 4 nitrogen and oxygen atoms in total. The van der Waals surface area contributed by atoms with Crippen LogP contribution in [0.4, 0.5) is 5.69 Å². The zero-order valence-electron chi connectivity index (χ0n) is 11.6. The quantitative estimate of drug-likeness (QED) is 0.509. The SMILES string of the molecule is Cc1c(N)cccc1C(=O)OCCOc1ccc(Br)cc1. The average molecular weight is 350 g/mol. The predicted octanol–water partition coefficient (Wildman–Crippen LogP) is 3.58. The van der Waals surface area contributed by atoms with Crippen molar-refractivity contribution in [1.29, 1.82) is 0 Å². The van der Waals surface area contributed by atoms with Crippen molar-refractivity contribution in [3.63, 3.8) is 0 Å². The van der Waals surface area contributed by atoms with Gasteiger partial charge >= 0.3 is 5.97 Å². The standard InChI is InChI=1S/C16H16BrNO3/c1-11-14(3-2-4-15(11)18)16(19)21-10-9-20-13-7-5-12(17)6-8-13/h2-8H,9-10,18H2,1H3. The number of nitrogens with two attached hydrogens (primary N) is 1. The van der Waals surface area contributed by atoms with Crippen molar-refractivity contribution in [3.05, 3.63) is 58.1 Å². The summed E-state index contributed by atoms with van der Waals surface area (Å²) in [6, 6.07) is 12.6. The topological polar surface area (TPSA) is 61.6 Å². The van der Waals surface area contributed by atoms with Crippen LogP contribution in [0, 0.1) is 6.92 Å². The molecule has 0 unspecified atom stereocenters. The van der Waals surface area contributed by atoms with Gasteiger partial charge in [0.2, 0.25) is 0 Å². The van der Waals surface area contributed by atoms with E-state index < -0.39 is 0 Å². The highest BCUT2D eigenvalue weighted by atomic mass is 79.9. The second-order valence-corrected chi connectivity index (χ2v) is 5.37. The minimum absolute atomic E-state index is 0.184. The lowest BCUT2D eigenvalue weighted by Crippen LogP contribution is -2.13. The van der Waals surface area contributed by atoms with Gasteiger partial charge in [-0.3, -0.25) is 0 Å². The van der Waals surface area contributed by atoms with Gasteiger partial charge in [-0.25, -0.2) is 4.79 Å². The molecular formula is C16H16BrNO3. The number of carbonyl (C=O) groups is 1. The minimum Gasteiger partial charge on any atom is -0.490 e. The molecule has 0 amide bonds. The highest BCUT2D eigenvalue weighted by Gasteiger charge is 2.11. The summed E-state index contributed by atoms with van der Waals surface area (Å²) in [5, 5.41) is 0. The van der Waals surface area contributed by atoms with Crippen LogP contribution in [0.1, 0.15) is 15.9 Å². The Bertz CT molecular complexity index is 626. The van der Waals surface area contributed by atoms with E-state index in [1.54, 1.807) is 25.1 Å². The smallest absolute Gasteiger partial charge is 0.338 e. The lowest BCUT2D eigenvalue weighted by Gasteiger charge is -2.09. The molecule has 0 aromatic heterocycles. The minimum atomic E-state index is -0.390. The Kier molecular flexibility index (Phi) is 5.22. The van der Waals surface area contributed by atoms with E-state index in [0.717, 1.165) is 15.8 Å². The van der Waals surface area contributed by atoms with Crippen LogP contribution in [-0.4, -0.2) is 19.2 Å². The molecule has 2 aromatic rings. The maximum absolute atomic E-state index is 11.9. The third kappa shape index (κ3) is 4.23. The highest BCUT2D eigenvalue weighted by molar-refractivity contribution is 9.10. The fraction of sp³-hybridized carbons (Fsp3) is 0.188. The van der Waals surface area contributed by atoms with Crippen molar-refractivity contribution in [1.82, 2.24) is 0 Å². The molecule has 2 aromatic carbocycles. The van der Waals surface area contributed by atoms with Crippen LogP contribution in [0.5, 0.6) is 5.75 Å². The van der Waals surface area contributed by atoms with Crippen molar-refractivity contribution in [3.8, 4) is 5.75 Å². The first kappa shape index (κ1) is 15.4. The molecule has 21 heavy (non-hydrogen) atoms. The molecule has 0 radical (unpaired) electrons. The van der Waals surface area contributed by atoms with Gasteiger partial charge in [-0.1, -0.05) is 22.0 Å². The van der Waals surface area contributed by atoms with E-state index in [-0.39, 0.29) is 12.6 Å². The summed E-state index contributed by atoms with van der Waals surface area (Å²) in [6.07, 6.45) is 0. The zero-order chi connectivity index (χ0) is 15.2. The van der Waals surface area contributed by atoms with E-state index in [9.17, 15) is 4.79 Å². The molecule has 0 aliphatic rings. The van der Waals surface area contributed by atoms with Crippen LogP contribution in [0.25, 0.3) is 0 Å². The first-order valence-corrected chi connectivity index (χ1v) is 7.28. The molecule has 0 atom stereocenters.